The van der Waals surface area contributed by atoms with Crippen LogP contribution in [0.25, 0.3) is 0 Å². The molecule has 0 amide bonds. The Morgan fingerprint density at radius 1 is 1.36 bits per heavy atom. The average Bonchev–Trinajstić information content (AvgIpc) is 2.19. The first-order valence-electron chi connectivity index (χ1n) is 4.35. The van der Waals surface area contributed by atoms with E-state index in [4.69, 9.17) is 0 Å². The number of hydrogen-bond donors (Lipinski definition) is 1. The Hall–Kier alpha value is -1.01. The van der Waals surface area contributed by atoms with E-state index in [0.29, 0.717) is 13.0 Å². The molecule has 1 heterocycles. The largest absolute Gasteiger partial charge is 0.245 e. The van der Waals surface area contributed by atoms with Crippen LogP contribution in [0.5, 0.6) is 0 Å². The summed E-state index contributed by atoms with van der Waals surface area (Å²) < 4.78 is 24.6. The van der Waals surface area contributed by atoms with Gasteiger partial charge in [-0.3, -0.25) is 0 Å². The molecule has 1 rings (SSSR count). The Labute approximate surface area is 83.6 Å². The molecule has 78 valence electrons. The molecule has 0 fully saturated rings. The Balaban J connectivity index is 2.37. The highest BCUT2D eigenvalue weighted by Crippen LogP contribution is 1.93. The van der Waals surface area contributed by atoms with Crippen molar-refractivity contribution in [2.24, 2.45) is 0 Å². The second kappa shape index (κ2) is 5.02. The number of nitrogens with one attached hydrogen (secondary N) is 1. The minimum atomic E-state index is -3.08. The number of hydrogen-bond acceptors (Lipinski definition) is 4. The fraction of sp³-hybridized carbons (Fsp3) is 0.500. The van der Waals surface area contributed by atoms with Crippen molar-refractivity contribution in [2.75, 3.05) is 12.3 Å². The number of rotatable bonds is 5. The summed E-state index contributed by atoms with van der Waals surface area (Å²) in [4.78, 5) is 7.66. The summed E-state index contributed by atoms with van der Waals surface area (Å²) in [5.74, 6) is 0.109. The van der Waals surface area contributed by atoms with Gasteiger partial charge in [0.25, 0.3) is 0 Å². The van der Waals surface area contributed by atoms with E-state index in [-0.39, 0.29) is 5.75 Å². The average molecular weight is 215 g/mol. The van der Waals surface area contributed by atoms with Gasteiger partial charge in [-0.2, -0.15) is 0 Å². The highest BCUT2D eigenvalue weighted by molar-refractivity contribution is 7.89. The van der Waals surface area contributed by atoms with Crippen molar-refractivity contribution in [3.8, 4) is 0 Å². The maximum atomic E-state index is 11.0. The van der Waals surface area contributed by atoms with Crippen LogP contribution in [-0.4, -0.2) is 30.7 Å². The molecule has 14 heavy (non-hydrogen) atoms. The summed E-state index contributed by atoms with van der Waals surface area (Å²) in [6.07, 6.45) is 5.40. The van der Waals surface area contributed by atoms with Gasteiger partial charge in [-0.1, -0.05) is 0 Å². The molecular weight excluding hydrogens is 202 g/mol. The molecule has 0 atom stereocenters. The lowest BCUT2D eigenvalue weighted by molar-refractivity contribution is 0.583. The fourth-order valence-electron chi connectivity index (χ4n) is 0.912. The maximum absolute atomic E-state index is 11.0. The standard InChI is InChI=1S/C8H13N3O2S/c1-2-14(12,13)11-4-3-8-5-9-7-10-6-8/h5-7,11H,2-4H2,1H3. The van der Waals surface area contributed by atoms with Crippen LogP contribution in [0, 0.1) is 0 Å². The topological polar surface area (TPSA) is 72.0 Å². The third kappa shape index (κ3) is 3.80. The van der Waals surface area contributed by atoms with Gasteiger partial charge in [0, 0.05) is 18.9 Å². The van der Waals surface area contributed by atoms with Gasteiger partial charge in [-0.05, 0) is 18.9 Å². The summed E-state index contributed by atoms with van der Waals surface area (Å²) >= 11 is 0. The normalized spacial score (nSPS) is 11.5. The molecule has 0 aliphatic carbocycles. The van der Waals surface area contributed by atoms with Crippen LogP contribution in [0.1, 0.15) is 12.5 Å². The maximum Gasteiger partial charge on any atom is 0.211 e. The molecule has 0 aliphatic heterocycles. The van der Waals surface area contributed by atoms with Crippen LogP contribution in [0.2, 0.25) is 0 Å². The summed E-state index contributed by atoms with van der Waals surface area (Å²) in [6.45, 7) is 2.00. The van der Waals surface area contributed by atoms with E-state index >= 15 is 0 Å². The molecule has 0 aromatic carbocycles. The molecule has 0 aliphatic rings. The Kier molecular flexibility index (Phi) is 3.97. The van der Waals surface area contributed by atoms with E-state index in [9.17, 15) is 8.42 Å². The van der Waals surface area contributed by atoms with E-state index < -0.39 is 10.0 Å². The van der Waals surface area contributed by atoms with Gasteiger partial charge in [0.2, 0.25) is 10.0 Å². The van der Waals surface area contributed by atoms with Crippen LogP contribution in [0.15, 0.2) is 18.7 Å². The van der Waals surface area contributed by atoms with Crippen LogP contribution < -0.4 is 4.72 Å². The van der Waals surface area contributed by atoms with E-state index in [0.717, 1.165) is 5.56 Å². The molecule has 1 N–H and O–H groups in total. The molecule has 0 unspecified atom stereocenters. The molecule has 0 spiro atoms. The summed E-state index contributed by atoms with van der Waals surface area (Å²) in [5, 5.41) is 0. The second-order valence-corrected chi connectivity index (χ2v) is 4.89. The fourth-order valence-corrected chi connectivity index (χ4v) is 1.53. The highest BCUT2D eigenvalue weighted by atomic mass is 32.2. The summed E-state index contributed by atoms with van der Waals surface area (Å²) in [5.41, 5.74) is 0.923. The SMILES string of the molecule is CCS(=O)(=O)NCCc1cncnc1. The van der Waals surface area contributed by atoms with Gasteiger partial charge in [0.05, 0.1) is 5.75 Å². The van der Waals surface area contributed by atoms with E-state index in [1.54, 1.807) is 19.3 Å². The monoisotopic (exact) mass is 215 g/mol. The third-order valence-electron chi connectivity index (χ3n) is 1.73. The van der Waals surface area contributed by atoms with E-state index in [1.807, 2.05) is 0 Å². The molecule has 1 aromatic heterocycles. The van der Waals surface area contributed by atoms with Crippen molar-refractivity contribution >= 4 is 10.0 Å². The Morgan fingerprint density at radius 3 is 2.57 bits per heavy atom. The Morgan fingerprint density at radius 2 is 2.00 bits per heavy atom. The summed E-state index contributed by atoms with van der Waals surface area (Å²) in [7, 11) is -3.08. The van der Waals surface area contributed by atoms with Crippen molar-refractivity contribution in [1.82, 2.24) is 14.7 Å². The van der Waals surface area contributed by atoms with Gasteiger partial charge in [-0.15, -0.1) is 0 Å². The lowest BCUT2D eigenvalue weighted by Crippen LogP contribution is -2.27. The van der Waals surface area contributed by atoms with Crippen molar-refractivity contribution in [3.05, 3.63) is 24.3 Å². The molecule has 0 saturated heterocycles. The second-order valence-electron chi connectivity index (χ2n) is 2.79. The van der Waals surface area contributed by atoms with Crippen molar-refractivity contribution in [2.45, 2.75) is 13.3 Å². The quantitative estimate of drug-likeness (QED) is 0.748. The molecular formula is C8H13N3O2S. The minimum absolute atomic E-state index is 0.109. The molecule has 0 bridgehead atoms. The third-order valence-corrected chi connectivity index (χ3v) is 3.13. The zero-order valence-corrected chi connectivity index (χ0v) is 8.79. The zero-order valence-electron chi connectivity index (χ0n) is 7.97. The van der Waals surface area contributed by atoms with Crippen molar-refractivity contribution in [3.63, 3.8) is 0 Å². The molecule has 0 radical (unpaired) electrons. The number of aromatic nitrogens is 2. The Bertz CT molecular complexity index is 363. The van der Waals surface area contributed by atoms with Crippen LogP contribution >= 0.6 is 0 Å². The van der Waals surface area contributed by atoms with Crippen molar-refractivity contribution < 1.29 is 8.42 Å². The van der Waals surface area contributed by atoms with Crippen LogP contribution in [-0.2, 0) is 16.4 Å². The van der Waals surface area contributed by atoms with Gasteiger partial charge < -0.3 is 0 Å². The van der Waals surface area contributed by atoms with Crippen molar-refractivity contribution in [1.29, 1.82) is 0 Å². The number of sulfonamides is 1. The molecule has 1 aromatic rings. The smallest absolute Gasteiger partial charge is 0.211 e. The van der Waals surface area contributed by atoms with Gasteiger partial charge >= 0.3 is 0 Å². The van der Waals surface area contributed by atoms with Crippen LogP contribution in [0.3, 0.4) is 0 Å². The molecule has 0 saturated carbocycles. The first-order chi connectivity index (χ1) is 6.64. The summed E-state index contributed by atoms with van der Waals surface area (Å²) in [6, 6.07) is 0. The predicted octanol–water partition coefficient (Wildman–Crippen LogP) is -0.0416. The first-order valence-corrected chi connectivity index (χ1v) is 6.00. The lowest BCUT2D eigenvalue weighted by Gasteiger charge is -2.03. The molecule has 6 heteroatoms. The minimum Gasteiger partial charge on any atom is -0.245 e. The first kappa shape index (κ1) is 11.1. The van der Waals surface area contributed by atoms with Crippen LogP contribution in [0.4, 0.5) is 0 Å². The van der Waals surface area contributed by atoms with Gasteiger partial charge in [-0.25, -0.2) is 23.1 Å². The molecule has 5 nitrogen and oxygen atoms in total. The predicted molar refractivity (Wildman–Crippen MR) is 53.2 cm³/mol. The highest BCUT2D eigenvalue weighted by Gasteiger charge is 2.04. The zero-order chi connectivity index (χ0) is 10.4. The van der Waals surface area contributed by atoms with Gasteiger partial charge in [0.15, 0.2) is 0 Å². The van der Waals surface area contributed by atoms with E-state index in [2.05, 4.69) is 14.7 Å². The lowest BCUT2D eigenvalue weighted by atomic mass is 10.2. The van der Waals surface area contributed by atoms with E-state index in [1.165, 1.54) is 6.33 Å². The van der Waals surface area contributed by atoms with Gasteiger partial charge in [0.1, 0.15) is 6.33 Å². The number of nitrogens with zero attached hydrogens (tertiary/aromatic N) is 2.